The standard InChI is InChI=1S/C14H26O4/c1-5-6-7-8-9-13(15)18-12-14(2,10-16-3)11-17-4/h5-6H,7-12H2,1-4H3/b6-5-. The van der Waals surface area contributed by atoms with Crippen LogP contribution in [0.5, 0.6) is 0 Å². The molecular weight excluding hydrogens is 232 g/mol. The van der Waals surface area contributed by atoms with E-state index in [4.69, 9.17) is 14.2 Å². The van der Waals surface area contributed by atoms with Crippen LogP contribution >= 0.6 is 0 Å². The van der Waals surface area contributed by atoms with Gasteiger partial charge in [0.05, 0.1) is 13.2 Å². The zero-order valence-corrected chi connectivity index (χ0v) is 12.0. The van der Waals surface area contributed by atoms with Crippen LogP contribution in [-0.2, 0) is 19.0 Å². The van der Waals surface area contributed by atoms with Crippen LogP contribution in [0.2, 0.25) is 0 Å². The number of rotatable bonds is 10. The molecule has 18 heavy (non-hydrogen) atoms. The number of ether oxygens (including phenoxy) is 3. The summed E-state index contributed by atoms with van der Waals surface area (Å²) in [6.07, 6.45) is 6.24. The first-order chi connectivity index (χ1) is 8.58. The van der Waals surface area contributed by atoms with Crippen LogP contribution < -0.4 is 0 Å². The zero-order valence-electron chi connectivity index (χ0n) is 12.0. The third-order valence-corrected chi connectivity index (χ3v) is 2.55. The summed E-state index contributed by atoms with van der Waals surface area (Å²) in [7, 11) is 3.26. The second kappa shape index (κ2) is 10.1. The van der Waals surface area contributed by atoms with Crippen LogP contribution in [0, 0.1) is 5.41 Å². The Labute approximate surface area is 110 Å². The fraction of sp³-hybridized carbons (Fsp3) is 0.786. The fourth-order valence-corrected chi connectivity index (χ4v) is 1.68. The lowest BCUT2D eigenvalue weighted by molar-refractivity contribution is -0.149. The molecule has 0 saturated carbocycles. The van der Waals surface area contributed by atoms with Gasteiger partial charge < -0.3 is 14.2 Å². The molecule has 0 unspecified atom stereocenters. The highest BCUT2D eigenvalue weighted by molar-refractivity contribution is 5.69. The topological polar surface area (TPSA) is 44.8 Å². The van der Waals surface area contributed by atoms with E-state index in [9.17, 15) is 4.79 Å². The number of hydrogen-bond acceptors (Lipinski definition) is 4. The van der Waals surface area contributed by atoms with E-state index in [2.05, 4.69) is 0 Å². The summed E-state index contributed by atoms with van der Waals surface area (Å²) in [5, 5.41) is 0. The molecule has 0 spiro atoms. The van der Waals surface area contributed by atoms with Gasteiger partial charge in [0.15, 0.2) is 0 Å². The predicted octanol–water partition coefficient (Wildman–Crippen LogP) is 2.58. The van der Waals surface area contributed by atoms with Gasteiger partial charge in [0.25, 0.3) is 0 Å². The molecular formula is C14H26O4. The average molecular weight is 258 g/mol. The van der Waals surface area contributed by atoms with E-state index in [1.807, 2.05) is 26.0 Å². The second-order valence-corrected chi connectivity index (χ2v) is 4.80. The zero-order chi connectivity index (χ0) is 13.9. The molecule has 0 aliphatic carbocycles. The van der Waals surface area contributed by atoms with E-state index in [0.717, 1.165) is 12.8 Å². The summed E-state index contributed by atoms with van der Waals surface area (Å²) in [6.45, 7) is 5.29. The molecule has 0 saturated heterocycles. The number of allylic oxidation sites excluding steroid dienone is 2. The lowest BCUT2D eigenvalue weighted by atomic mass is 9.94. The number of unbranched alkanes of at least 4 members (excludes halogenated alkanes) is 1. The Morgan fingerprint density at radius 2 is 1.78 bits per heavy atom. The van der Waals surface area contributed by atoms with Crippen LogP contribution in [-0.4, -0.2) is 40.0 Å². The molecule has 0 aliphatic rings. The summed E-state index contributed by atoms with van der Waals surface area (Å²) < 4.78 is 15.5. The first kappa shape index (κ1) is 17.1. The van der Waals surface area contributed by atoms with Crippen LogP contribution in [0.1, 0.15) is 33.1 Å². The maximum absolute atomic E-state index is 11.5. The summed E-state index contributed by atoms with van der Waals surface area (Å²) >= 11 is 0. The summed E-state index contributed by atoms with van der Waals surface area (Å²) in [5.41, 5.74) is -0.275. The molecule has 0 bridgehead atoms. The highest BCUT2D eigenvalue weighted by Crippen LogP contribution is 2.18. The lowest BCUT2D eigenvalue weighted by Gasteiger charge is -2.27. The van der Waals surface area contributed by atoms with Crippen molar-refractivity contribution in [3.63, 3.8) is 0 Å². The Balaban J connectivity index is 3.91. The van der Waals surface area contributed by atoms with Crippen LogP contribution in [0.25, 0.3) is 0 Å². The largest absolute Gasteiger partial charge is 0.465 e. The number of carbonyl (C=O) groups excluding carboxylic acids is 1. The van der Waals surface area contributed by atoms with Crippen LogP contribution in [0.15, 0.2) is 12.2 Å². The molecule has 0 aromatic carbocycles. The highest BCUT2D eigenvalue weighted by atomic mass is 16.5. The van der Waals surface area contributed by atoms with Crippen molar-refractivity contribution in [2.24, 2.45) is 5.41 Å². The van der Waals surface area contributed by atoms with Gasteiger partial charge >= 0.3 is 5.97 Å². The van der Waals surface area contributed by atoms with Gasteiger partial charge in [0, 0.05) is 26.1 Å². The van der Waals surface area contributed by atoms with Gasteiger partial charge in [-0.05, 0) is 19.8 Å². The molecule has 0 amide bonds. The Morgan fingerprint density at radius 1 is 1.17 bits per heavy atom. The predicted molar refractivity (Wildman–Crippen MR) is 71.5 cm³/mol. The van der Waals surface area contributed by atoms with Crippen molar-refractivity contribution in [3.8, 4) is 0 Å². The molecule has 4 nitrogen and oxygen atoms in total. The normalized spacial score (nSPS) is 12.0. The van der Waals surface area contributed by atoms with E-state index in [-0.39, 0.29) is 11.4 Å². The van der Waals surface area contributed by atoms with Crippen molar-refractivity contribution >= 4 is 5.97 Å². The maximum Gasteiger partial charge on any atom is 0.305 e. The number of methoxy groups -OCH3 is 2. The SMILES string of the molecule is C/C=C\CCCC(=O)OCC(C)(COC)COC. The molecule has 0 heterocycles. The van der Waals surface area contributed by atoms with E-state index in [1.165, 1.54) is 0 Å². The van der Waals surface area contributed by atoms with Gasteiger partial charge in [0.1, 0.15) is 6.61 Å². The molecule has 0 aliphatic heterocycles. The smallest absolute Gasteiger partial charge is 0.305 e. The first-order valence-electron chi connectivity index (χ1n) is 6.32. The summed E-state index contributed by atoms with van der Waals surface area (Å²) in [6, 6.07) is 0. The second-order valence-electron chi connectivity index (χ2n) is 4.80. The van der Waals surface area contributed by atoms with Crippen molar-refractivity contribution in [2.75, 3.05) is 34.0 Å². The minimum Gasteiger partial charge on any atom is -0.465 e. The Bertz CT molecular complexity index is 242. The van der Waals surface area contributed by atoms with Gasteiger partial charge in [-0.15, -0.1) is 0 Å². The average Bonchev–Trinajstić information content (AvgIpc) is 2.33. The van der Waals surface area contributed by atoms with Gasteiger partial charge in [-0.25, -0.2) is 0 Å². The molecule has 0 aromatic rings. The van der Waals surface area contributed by atoms with Crippen LogP contribution in [0.4, 0.5) is 0 Å². The third-order valence-electron chi connectivity index (χ3n) is 2.55. The van der Waals surface area contributed by atoms with Crippen molar-refractivity contribution in [1.29, 1.82) is 0 Å². The summed E-state index contributed by atoms with van der Waals surface area (Å²) in [5.74, 6) is -0.155. The van der Waals surface area contributed by atoms with Gasteiger partial charge in [-0.2, -0.15) is 0 Å². The molecule has 0 N–H and O–H groups in total. The van der Waals surface area contributed by atoms with Crippen molar-refractivity contribution < 1.29 is 19.0 Å². The molecule has 106 valence electrons. The molecule has 0 atom stereocenters. The Kier molecular flexibility index (Phi) is 9.60. The van der Waals surface area contributed by atoms with Crippen molar-refractivity contribution in [2.45, 2.75) is 33.1 Å². The maximum atomic E-state index is 11.5. The molecule has 0 aromatic heterocycles. The minimum absolute atomic E-state index is 0.155. The van der Waals surface area contributed by atoms with E-state index < -0.39 is 0 Å². The fourth-order valence-electron chi connectivity index (χ4n) is 1.68. The summed E-state index contributed by atoms with van der Waals surface area (Å²) in [4.78, 5) is 11.5. The number of esters is 1. The van der Waals surface area contributed by atoms with E-state index in [1.54, 1.807) is 14.2 Å². The van der Waals surface area contributed by atoms with Crippen molar-refractivity contribution in [1.82, 2.24) is 0 Å². The molecule has 0 radical (unpaired) electrons. The number of carbonyl (C=O) groups is 1. The Morgan fingerprint density at radius 3 is 2.28 bits per heavy atom. The molecule has 0 rings (SSSR count). The lowest BCUT2D eigenvalue weighted by Crippen LogP contribution is -2.34. The van der Waals surface area contributed by atoms with Gasteiger partial charge in [-0.3, -0.25) is 4.79 Å². The first-order valence-corrected chi connectivity index (χ1v) is 6.32. The quantitative estimate of drug-likeness (QED) is 0.343. The van der Waals surface area contributed by atoms with Crippen molar-refractivity contribution in [3.05, 3.63) is 12.2 Å². The van der Waals surface area contributed by atoms with Gasteiger partial charge in [-0.1, -0.05) is 19.1 Å². The third kappa shape index (κ3) is 8.25. The monoisotopic (exact) mass is 258 g/mol. The van der Waals surface area contributed by atoms with E-state index >= 15 is 0 Å². The Hall–Kier alpha value is -0.870. The highest BCUT2D eigenvalue weighted by Gasteiger charge is 2.26. The van der Waals surface area contributed by atoms with E-state index in [0.29, 0.717) is 26.2 Å². The molecule has 0 fully saturated rings. The van der Waals surface area contributed by atoms with Crippen LogP contribution in [0.3, 0.4) is 0 Å². The molecule has 4 heteroatoms. The minimum atomic E-state index is -0.275. The van der Waals surface area contributed by atoms with Gasteiger partial charge in [0.2, 0.25) is 0 Å². The number of hydrogen-bond donors (Lipinski definition) is 0.